The first-order valence-electron chi connectivity index (χ1n) is 7.30. The molecule has 106 valence electrons. The zero-order valence-corrected chi connectivity index (χ0v) is 13.1. The molecule has 0 aliphatic carbocycles. The number of rotatable bonds is 6. The molecule has 0 aromatic heterocycles. The van der Waals surface area contributed by atoms with Gasteiger partial charge in [-0.3, -0.25) is 0 Å². The summed E-state index contributed by atoms with van der Waals surface area (Å²) in [5, 5.41) is 3.68. The van der Waals surface area contributed by atoms with E-state index in [0.29, 0.717) is 6.04 Å². The quantitative estimate of drug-likeness (QED) is 0.849. The topological polar surface area (TPSA) is 21.3 Å². The molecule has 1 N–H and O–H groups in total. The van der Waals surface area contributed by atoms with Crippen molar-refractivity contribution in [3.05, 3.63) is 29.8 Å². The van der Waals surface area contributed by atoms with Gasteiger partial charge in [0.2, 0.25) is 0 Å². The van der Waals surface area contributed by atoms with Crippen LogP contribution in [0.5, 0.6) is 5.75 Å². The normalized spacial score (nSPS) is 24.4. The second kappa shape index (κ2) is 6.67. The molecular formula is C16H25NOS. The average Bonchev–Trinajstić information content (AvgIpc) is 2.85. The van der Waals surface area contributed by atoms with Crippen LogP contribution in [0.3, 0.4) is 0 Å². The van der Waals surface area contributed by atoms with Crippen LogP contribution in [0.1, 0.15) is 45.2 Å². The standard InChI is InChI=1S/C16H25NOS/c1-4-17-15(16(3)11-8-12-19-16)13-9-6-7-10-14(13)18-5-2/h6-7,9-10,15,17H,4-5,8,11-12H2,1-3H3. The molecule has 2 atom stereocenters. The fourth-order valence-electron chi connectivity index (χ4n) is 2.89. The third-order valence-electron chi connectivity index (χ3n) is 3.80. The molecule has 3 heteroatoms. The SMILES string of the molecule is CCNC(c1ccccc1OCC)C1(C)CCCS1. The Morgan fingerprint density at radius 3 is 2.79 bits per heavy atom. The van der Waals surface area contributed by atoms with Crippen LogP contribution in [0.2, 0.25) is 0 Å². The summed E-state index contributed by atoms with van der Waals surface area (Å²) in [5.41, 5.74) is 1.31. The van der Waals surface area contributed by atoms with Crippen molar-refractivity contribution in [2.75, 3.05) is 18.9 Å². The van der Waals surface area contributed by atoms with Gasteiger partial charge in [-0.05, 0) is 45.1 Å². The van der Waals surface area contributed by atoms with E-state index < -0.39 is 0 Å². The Hall–Kier alpha value is -0.670. The van der Waals surface area contributed by atoms with Gasteiger partial charge in [-0.15, -0.1) is 0 Å². The van der Waals surface area contributed by atoms with Gasteiger partial charge in [0.25, 0.3) is 0 Å². The Bertz CT molecular complexity index is 401. The summed E-state index contributed by atoms with van der Waals surface area (Å²) >= 11 is 2.10. The number of hydrogen-bond acceptors (Lipinski definition) is 3. The Morgan fingerprint density at radius 2 is 2.16 bits per heavy atom. The van der Waals surface area contributed by atoms with E-state index >= 15 is 0 Å². The minimum atomic E-state index is 0.281. The van der Waals surface area contributed by atoms with Crippen molar-refractivity contribution in [1.82, 2.24) is 5.32 Å². The second-order valence-electron chi connectivity index (χ2n) is 5.23. The Labute approximate surface area is 121 Å². The molecule has 2 rings (SSSR count). The first kappa shape index (κ1) is 14.7. The van der Waals surface area contributed by atoms with Crippen molar-refractivity contribution in [2.45, 2.75) is 44.4 Å². The van der Waals surface area contributed by atoms with Gasteiger partial charge in [0, 0.05) is 10.3 Å². The van der Waals surface area contributed by atoms with Crippen LogP contribution in [0.4, 0.5) is 0 Å². The average molecular weight is 279 g/mol. The molecule has 1 aromatic rings. The fraction of sp³-hybridized carbons (Fsp3) is 0.625. The Morgan fingerprint density at radius 1 is 1.37 bits per heavy atom. The smallest absolute Gasteiger partial charge is 0.124 e. The summed E-state index contributed by atoms with van der Waals surface area (Å²) in [4.78, 5) is 0. The van der Waals surface area contributed by atoms with Crippen LogP contribution in [0.25, 0.3) is 0 Å². The lowest BCUT2D eigenvalue weighted by molar-refractivity contribution is 0.324. The monoisotopic (exact) mass is 279 g/mol. The van der Waals surface area contributed by atoms with Crippen LogP contribution < -0.4 is 10.1 Å². The summed E-state index contributed by atoms with van der Waals surface area (Å²) in [6, 6.07) is 8.84. The lowest BCUT2D eigenvalue weighted by Gasteiger charge is -2.35. The Kier molecular flexibility index (Phi) is 5.17. The number of para-hydroxylation sites is 1. The van der Waals surface area contributed by atoms with E-state index in [1.54, 1.807) is 0 Å². The van der Waals surface area contributed by atoms with Crippen molar-refractivity contribution in [3.8, 4) is 5.75 Å². The highest BCUT2D eigenvalue weighted by molar-refractivity contribution is 8.00. The largest absolute Gasteiger partial charge is 0.494 e. The molecule has 0 spiro atoms. The second-order valence-corrected chi connectivity index (χ2v) is 6.86. The van der Waals surface area contributed by atoms with E-state index in [9.17, 15) is 0 Å². The van der Waals surface area contributed by atoms with Gasteiger partial charge in [0.05, 0.1) is 12.6 Å². The van der Waals surface area contributed by atoms with Crippen molar-refractivity contribution in [1.29, 1.82) is 0 Å². The van der Waals surface area contributed by atoms with Gasteiger partial charge in [-0.25, -0.2) is 0 Å². The molecule has 1 heterocycles. The third-order valence-corrected chi connectivity index (χ3v) is 5.39. The van der Waals surface area contributed by atoms with Crippen LogP contribution in [-0.4, -0.2) is 23.7 Å². The van der Waals surface area contributed by atoms with E-state index in [1.165, 1.54) is 24.2 Å². The van der Waals surface area contributed by atoms with Gasteiger partial charge in [-0.1, -0.05) is 25.1 Å². The maximum absolute atomic E-state index is 5.82. The van der Waals surface area contributed by atoms with Crippen LogP contribution in [0.15, 0.2) is 24.3 Å². The fourth-order valence-corrected chi connectivity index (χ4v) is 4.31. The van der Waals surface area contributed by atoms with Crippen molar-refractivity contribution in [3.63, 3.8) is 0 Å². The number of ether oxygens (including phenoxy) is 1. The highest BCUT2D eigenvalue weighted by Gasteiger charge is 2.39. The molecule has 1 fully saturated rings. The van der Waals surface area contributed by atoms with Crippen molar-refractivity contribution in [2.24, 2.45) is 0 Å². The molecule has 1 aliphatic heterocycles. The van der Waals surface area contributed by atoms with E-state index in [1.807, 2.05) is 6.92 Å². The highest BCUT2D eigenvalue weighted by atomic mass is 32.2. The van der Waals surface area contributed by atoms with Crippen molar-refractivity contribution >= 4 is 11.8 Å². The first-order chi connectivity index (χ1) is 9.21. The molecule has 0 bridgehead atoms. The maximum atomic E-state index is 5.82. The highest BCUT2D eigenvalue weighted by Crippen LogP contribution is 2.48. The van der Waals surface area contributed by atoms with Crippen LogP contribution in [-0.2, 0) is 0 Å². The lowest BCUT2D eigenvalue weighted by atomic mass is 9.89. The summed E-state index contributed by atoms with van der Waals surface area (Å²) in [6.45, 7) is 8.33. The molecule has 1 saturated heterocycles. The zero-order chi connectivity index (χ0) is 13.7. The van der Waals surface area contributed by atoms with Gasteiger partial charge < -0.3 is 10.1 Å². The molecule has 19 heavy (non-hydrogen) atoms. The molecule has 2 nitrogen and oxygen atoms in total. The predicted octanol–water partition coefficient (Wildman–Crippen LogP) is 4.02. The van der Waals surface area contributed by atoms with Crippen molar-refractivity contribution < 1.29 is 4.74 Å². The van der Waals surface area contributed by atoms with Gasteiger partial charge in [0.15, 0.2) is 0 Å². The number of benzene rings is 1. The molecule has 0 radical (unpaired) electrons. The number of thioether (sulfide) groups is 1. The van der Waals surface area contributed by atoms with Gasteiger partial charge in [0.1, 0.15) is 5.75 Å². The molecule has 2 unspecified atom stereocenters. The molecule has 1 aromatic carbocycles. The van der Waals surface area contributed by atoms with E-state index in [0.717, 1.165) is 18.9 Å². The zero-order valence-electron chi connectivity index (χ0n) is 12.2. The minimum absolute atomic E-state index is 0.281. The van der Waals surface area contributed by atoms with Gasteiger partial charge >= 0.3 is 0 Å². The molecular weight excluding hydrogens is 254 g/mol. The maximum Gasteiger partial charge on any atom is 0.124 e. The summed E-state index contributed by atoms with van der Waals surface area (Å²) in [5.74, 6) is 2.31. The summed E-state index contributed by atoms with van der Waals surface area (Å²) in [7, 11) is 0. The first-order valence-corrected chi connectivity index (χ1v) is 8.29. The minimum Gasteiger partial charge on any atom is -0.494 e. The van der Waals surface area contributed by atoms with E-state index in [2.05, 4.69) is 55.2 Å². The molecule has 0 amide bonds. The van der Waals surface area contributed by atoms with Crippen LogP contribution in [0, 0.1) is 0 Å². The lowest BCUT2D eigenvalue weighted by Crippen LogP contribution is -2.37. The molecule has 1 aliphatic rings. The van der Waals surface area contributed by atoms with E-state index in [-0.39, 0.29) is 4.75 Å². The number of nitrogens with one attached hydrogen (secondary N) is 1. The van der Waals surface area contributed by atoms with Gasteiger partial charge in [-0.2, -0.15) is 11.8 Å². The predicted molar refractivity (Wildman–Crippen MR) is 84.1 cm³/mol. The number of hydrogen-bond donors (Lipinski definition) is 1. The summed E-state index contributed by atoms with van der Waals surface area (Å²) < 4.78 is 6.10. The van der Waals surface area contributed by atoms with E-state index in [4.69, 9.17) is 4.74 Å². The Balaban J connectivity index is 2.33. The van der Waals surface area contributed by atoms with Crippen LogP contribution >= 0.6 is 11.8 Å². The molecule has 0 saturated carbocycles. The third kappa shape index (κ3) is 3.26. The summed E-state index contributed by atoms with van der Waals surface area (Å²) in [6.07, 6.45) is 2.59.